The number of rotatable bonds is 6. The van der Waals surface area contributed by atoms with E-state index >= 15 is 0 Å². The van der Waals surface area contributed by atoms with Crippen molar-refractivity contribution in [3.05, 3.63) is 69.1 Å². The average molecular weight is 414 g/mol. The van der Waals surface area contributed by atoms with Crippen molar-refractivity contribution in [2.45, 2.75) is 26.9 Å². The van der Waals surface area contributed by atoms with Gasteiger partial charge in [0.1, 0.15) is 5.75 Å². The van der Waals surface area contributed by atoms with Crippen LogP contribution in [0.3, 0.4) is 0 Å². The molecule has 1 amide bonds. The molecule has 152 valence electrons. The number of aromatic nitrogens is 2. The standard InChI is InChI=1S/C22H24ClN3O3/c1-14(2)12-26-21(27)18-8-6-5-7-17(18)20(24-26)22(28)25(3)13-15-11-16(23)9-10-19(15)29-4/h5-11,14H,12-13H2,1-4H3. The maximum Gasteiger partial charge on any atom is 0.274 e. The van der Waals surface area contributed by atoms with Crippen LogP contribution in [0.25, 0.3) is 10.8 Å². The second-order valence-electron chi connectivity index (χ2n) is 7.39. The molecule has 29 heavy (non-hydrogen) atoms. The molecular weight excluding hydrogens is 390 g/mol. The van der Waals surface area contributed by atoms with Gasteiger partial charge in [0.2, 0.25) is 0 Å². The van der Waals surface area contributed by atoms with Crippen LogP contribution < -0.4 is 10.3 Å². The Morgan fingerprint density at radius 2 is 1.90 bits per heavy atom. The molecule has 0 aliphatic carbocycles. The summed E-state index contributed by atoms with van der Waals surface area (Å²) in [6, 6.07) is 12.4. The molecule has 3 aromatic rings. The lowest BCUT2D eigenvalue weighted by atomic mass is 10.1. The molecule has 6 nitrogen and oxygen atoms in total. The summed E-state index contributed by atoms with van der Waals surface area (Å²) in [5.41, 5.74) is 0.852. The van der Waals surface area contributed by atoms with Crippen molar-refractivity contribution < 1.29 is 9.53 Å². The van der Waals surface area contributed by atoms with Crippen LogP contribution in [0, 0.1) is 5.92 Å². The highest BCUT2D eigenvalue weighted by Gasteiger charge is 2.21. The van der Waals surface area contributed by atoms with Crippen molar-refractivity contribution in [3.8, 4) is 5.75 Å². The van der Waals surface area contributed by atoms with Crippen molar-refractivity contribution in [3.63, 3.8) is 0 Å². The largest absolute Gasteiger partial charge is 0.496 e. The fourth-order valence-corrected chi connectivity index (χ4v) is 3.44. The Balaban J connectivity index is 2.03. The molecule has 0 spiro atoms. The zero-order valence-electron chi connectivity index (χ0n) is 17.0. The quantitative estimate of drug-likeness (QED) is 0.613. The van der Waals surface area contributed by atoms with E-state index in [0.717, 1.165) is 5.56 Å². The molecule has 3 rings (SSSR count). The van der Waals surface area contributed by atoms with E-state index < -0.39 is 0 Å². The number of methoxy groups -OCH3 is 1. The van der Waals surface area contributed by atoms with Gasteiger partial charge in [0.05, 0.1) is 12.5 Å². The van der Waals surface area contributed by atoms with Crippen LogP contribution in [0.2, 0.25) is 5.02 Å². The van der Waals surface area contributed by atoms with Crippen molar-refractivity contribution in [2.75, 3.05) is 14.2 Å². The Kier molecular flexibility index (Phi) is 6.23. The highest BCUT2D eigenvalue weighted by atomic mass is 35.5. The lowest BCUT2D eigenvalue weighted by Crippen LogP contribution is -2.32. The van der Waals surface area contributed by atoms with Crippen LogP contribution in [-0.4, -0.2) is 34.7 Å². The third-order valence-electron chi connectivity index (χ3n) is 4.61. The van der Waals surface area contributed by atoms with Crippen molar-refractivity contribution in [2.24, 2.45) is 5.92 Å². The molecule has 1 aromatic heterocycles. The predicted molar refractivity (Wildman–Crippen MR) is 115 cm³/mol. The van der Waals surface area contributed by atoms with Gasteiger partial charge in [-0.1, -0.05) is 43.6 Å². The molecule has 0 N–H and O–H groups in total. The van der Waals surface area contributed by atoms with E-state index in [1.807, 2.05) is 13.8 Å². The zero-order valence-corrected chi connectivity index (χ0v) is 17.7. The van der Waals surface area contributed by atoms with Crippen LogP contribution in [0.5, 0.6) is 5.75 Å². The number of hydrogen-bond acceptors (Lipinski definition) is 4. The molecule has 0 fully saturated rings. The molecule has 0 saturated heterocycles. The number of fused-ring (bicyclic) bond motifs is 1. The first-order valence-electron chi connectivity index (χ1n) is 9.39. The summed E-state index contributed by atoms with van der Waals surface area (Å²) in [5, 5.41) is 6.02. The van der Waals surface area contributed by atoms with E-state index in [9.17, 15) is 9.59 Å². The second-order valence-corrected chi connectivity index (χ2v) is 7.83. The third kappa shape index (κ3) is 4.43. The Hall–Kier alpha value is -2.86. The first-order valence-corrected chi connectivity index (χ1v) is 9.77. The monoisotopic (exact) mass is 413 g/mol. The van der Waals surface area contributed by atoms with Gasteiger partial charge in [0.15, 0.2) is 5.69 Å². The van der Waals surface area contributed by atoms with E-state index in [0.29, 0.717) is 34.6 Å². The van der Waals surface area contributed by atoms with Gasteiger partial charge in [-0.2, -0.15) is 5.10 Å². The summed E-state index contributed by atoms with van der Waals surface area (Å²) < 4.78 is 6.76. The third-order valence-corrected chi connectivity index (χ3v) is 4.84. The summed E-state index contributed by atoms with van der Waals surface area (Å²) in [4.78, 5) is 27.6. The molecule has 0 aliphatic rings. The van der Waals surface area contributed by atoms with Crippen LogP contribution >= 0.6 is 11.6 Å². The molecule has 0 aliphatic heterocycles. The van der Waals surface area contributed by atoms with Crippen LogP contribution in [0.15, 0.2) is 47.3 Å². The first kappa shape index (κ1) is 20.9. The number of amides is 1. The lowest BCUT2D eigenvalue weighted by molar-refractivity contribution is 0.0777. The number of nitrogens with zero attached hydrogens (tertiary/aromatic N) is 3. The second kappa shape index (κ2) is 8.66. The number of ether oxygens (including phenoxy) is 1. The Morgan fingerprint density at radius 1 is 1.21 bits per heavy atom. The number of carbonyl (C=O) groups is 1. The number of halogens is 1. The molecule has 2 aromatic carbocycles. The van der Waals surface area contributed by atoms with E-state index in [4.69, 9.17) is 16.3 Å². The molecule has 0 bridgehead atoms. The predicted octanol–water partition coefficient (Wildman–Crippen LogP) is 3.99. The summed E-state index contributed by atoms with van der Waals surface area (Å²) in [5.74, 6) is 0.593. The fraction of sp³-hybridized carbons (Fsp3) is 0.318. The summed E-state index contributed by atoms with van der Waals surface area (Å²) in [6.07, 6.45) is 0. The van der Waals surface area contributed by atoms with Gasteiger partial charge < -0.3 is 9.64 Å². The van der Waals surface area contributed by atoms with Gasteiger partial charge in [-0.25, -0.2) is 4.68 Å². The Bertz CT molecular complexity index is 1110. The molecule has 0 saturated carbocycles. The van der Waals surface area contributed by atoms with Gasteiger partial charge in [0, 0.05) is 36.1 Å². The maximum absolute atomic E-state index is 13.3. The van der Waals surface area contributed by atoms with Gasteiger partial charge in [-0.15, -0.1) is 0 Å². The summed E-state index contributed by atoms with van der Waals surface area (Å²) >= 11 is 6.11. The smallest absolute Gasteiger partial charge is 0.274 e. The highest BCUT2D eigenvalue weighted by molar-refractivity contribution is 6.30. The number of hydrogen-bond donors (Lipinski definition) is 0. The molecule has 0 unspecified atom stereocenters. The SMILES string of the molecule is COc1ccc(Cl)cc1CN(C)C(=O)c1nn(CC(C)C)c(=O)c2ccccc12. The van der Waals surface area contributed by atoms with Gasteiger partial charge in [-0.3, -0.25) is 9.59 Å². The average Bonchev–Trinajstić information content (AvgIpc) is 2.69. The molecular formula is C22H24ClN3O3. The Morgan fingerprint density at radius 3 is 2.55 bits per heavy atom. The van der Waals surface area contributed by atoms with Crippen LogP contribution in [0.4, 0.5) is 0 Å². The number of benzene rings is 2. The Labute approximate surface area is 174 Å². The minimum Gasteiger partial charge on any atom is -0.496 e. The normalized spacial score (nSPS) is 11.1. The van der Waals surface area contributed by atoms with E-state index in [1.54, 1.807) is 61.5 Å². The van der Waals surface area contributed by atoms with Crippen LogP contribution in [-0.2, 0) is 13.1 Å². The topological polar surface area (TPSA) is 64.4 Å². The van der Waals surface area contributed by atoms with Gasteiger partial charge >= 0.3 is 0 Å². The van der Waals surface area contributed by atoms with E-state index in [-0.39, 0.29) is 23.1 Å². The lowest BCUT2D eigenvalue weighted by Gasteiger charge is -2.20. The molecule has 0 radical (unpaired) electrons. The van der Waals surface area contributed by atoms with Crippen molar-refractivity contribution in [1.29, 1.82) is 0 Å². The minimum atomic E-state index is -0.277. The van der Waals surface area contributed by atoms with E-state index in [1.165, 1.54) is 4.68 Å². The first-order chi connectivity index (χ1) is 13.8. The minimum absolute atomic E-state index is 0.190. The van der Waals surface area contributed by atoms with Gasteiger partial charge in [0.25, 0.3) is 11.5 Å². The maximum atomic E-state index is 13.3. The number of carbonyl (C=O) groups excluding carboxylic acids is 1. The zero-order chi connectivity index (χ0) is 21.1. The van der Waals surface area contributed by atoms with Crippen molar-refractivity contribution >= 4 is 28.3 Å². The molecule has 0 atom stereocenters. The summed E-state index contributed by atoms with van der Waals surface area (Å²) in [7, 11) is 3.27. The fourth-order valence-electron chi connectivity index (χ4n) is 3.24. The molecule has 1 heterocycles. The van der Waals surface area contributed by atoms with E-state index in [2.05, 4.69) is 5.10 Å². The molecule has 7 heteroatoms. The van der Waals surface area contributed by atoms with Crippen LogP contribution in [0.1, 0.15) is 29.9 Å². The van der Waals surface area contributed by atoms with Crippen molar-refractivity contribution in [1.82, 2.24) is 14.7 Å². The summed E-state index contributed by atoms with van der Waals surface area (Å²) in [6.45, 7) is 4.74. The van der Waals surface area contributed by atoms with Gasteiger partial charge in [-0.05, 0) is 30.2 Å². The highest BCUT2D eigenvalue weighted by Crippen LogP contribution is 2.24.